The van der Waals surface area contributed by atoms with Gasteiger partial charge in [0.25, 0.3) is 6.35 Å². The van der Waals surface area contributed by atoms with Gasteiger partial charge in [0.1, 0.15) is 11.2 Å². The minimum absolute atomic E-state index is 0.0138. The summed E-state index contributed by atoms with van der Waals surface area (Å²) < 4.78 is 0. The van der Waals surface area contributed by atoms with E-state index in [9.17, 15) is 0 Å². The van der Waals surface area contributed by atoms with Gasteiger partial charge in [0, 0.05) is 6.20 Å². The van der Waals surface area contributed by atoms with Gasteiger partial charge < -0.3 is 0 Å². The van der Waals surface area contributed by atoms with Gasteiger partial charge >= 0.3 is 12.0 Å². The number of hydrogen-bond donors (Lipinski definition) is 0. The van der Waals surface area contributed by atoms with E-state index in [0.717, 1.165) is 0 Å². The fourth-order valence-corrected chi connectivity index (χ4v) is 1.27. The molecule has 0 amide bonds. The van der Waals surface area contributed by atoms with Crippen molar-refractivity contribution in [2.45, 2.75) is 85.5 Å². The van der Waals surface area contributed by atoms with E-state index in [1.54, 1.807) is 0 Å². The summed E-state index contributed by atoms with van der Waals surface area (Å²) in [4.78, 5) is 41.5. The maximum atomic E-state index is 5.39. The zero-order valence-electron chi connectivity index (χ0n) is 17.2. The molecule has 0 spiro atoms. The van der Waals surface area contributed by atoms with Crippen molar-refractivity contribution in [2.75, 3.05) is 0 Å². The van der Waals surface area contributed by atoms with Crippen LogP contribution in [-0.4, -0.2) is 40.1 Å². The maximum absolute atomic E-state index is 5.39. The minimum Gasteiger partial charge on any atom is -0.296 e. The summed E-state index contributed by atoms with van der Waals surface area (Å²) >= 11 is 0. The molecule has 0 N–H and O–H groups in total. The zero-order valence-corrected chi connectivity index (χ0v) is 17.2. The standard InChI is InChI=1S/C17H31N3O6/c1-11-20-13(22-25-16(5,6)7)18-12(21-24-15(2,3)4)19-14(20)23-26-17(8,9)10/h11,13H,1H2,2-10H3. The minimum atomic E-state index is -0.985. The fourth-order valence-electron chi connectivity index (χ4n) is 1.27. The fraction of sp³-hybridized carbons (Fsp3) is 0.765. The molecule has 0 saturated heterocycles. The molecule has 0 fully saturated rings. The molecule has 150 valence electrons. The molecular weight excluding hydrogens is 342 g/mol. The van der Waals surface area contributed by atoms with Crippen molar-refractivity contribution < 1.29 is 29.3 Å². The molecule has 1 unspecified atom stereocenters. The summed E-state index contributed by atoms with van der Waals surface area (Å²) in [7, 11) is 0. The molecule has 26 heavy (non-hydrogen) atoms. The highest BCUT2D eigenvalue weighted by molar-refractivity contribution is 5.91. The molecule has 1 atom stereocenters. The molecule has 0 radical (unpaired) electrons. The average molecular weight is 373 g/mol. The first kappa shape index (κ1) is 22.4. The summed E-state index contributed by atoms with van der Waals surface area (Å²) in [5.41, 5.74) is -1.68. The number of nitrogens with zero attached hydrogens (tertiary/aromatic N) is 3. The molecule has 1 aliphatic heterocycles. The van der Waals surface area contributed by atoms with Crippen molar-refractivity contribution in [2.24, 2.45) is 9.98 Å². The average Bonchev–Trinajstić information content (AvgIpc) is 2.46. The summed E-state index contributed by atoms with van der Waals surface area (Å²) in [6.45, 7) is 20.2. The van der Waals surface area contributed by atoms with Crippen LogP contribution in [0.4, 0.5) is 0 Å². The lowest BCUT2D eigenvalue weighted by Crippen LogP contribution is -2.44. The van der Waals surface area contributed by atoms with Crippen molar-refractivity contribution >= 4 is 12.0 Å². The Balaban J connectivity index is 3.00. The number of amidine groups is 2. The lowest BCUT2D eigenvalue weighted by atomic mass is 10.2. The van der Waals surface area contributed by atoms with Gasteiger partial charge in [-0.3, -0.25) is 14.7 Å². The zero-order chi connectivity index (χ0) is 20.2. The molecule has 1 aliphatic rings. The SMILES string of the molecule is C=CN1C(OOC(C)(C)C)=NC(OOC(C)(C)C)=NC1OOC(C)(C)C. The van der Waals surface area contributed by atoms with Gasteiger partial charge in [-0.25, -0.2) is 4.89 Å². The predicted octanol–water partition coefficient (Wildman–Crippen LogP) is 3.68. The second-order valence-electron chi connectivity index (χ2n) is 8.57. The van der Waals surface area contributed by atoms with Crippen molar-refractivity contribution in [3.63, 3.8) is 0 Å². The Morgan fingerprint density at radius 1 is 0.846 bits per heavy atom. The van der Waals surface area contributed by atoms with Gasteiger partial charge in [-0.2, -0.15) is 19.7 Å². The van der Waals surface area contributed by atoms with E-state index < -0.39 is 23.2 Å². The topological polar surface area (TPSA) is 83.3 Å². The van der Waals surface area contributed by atoms with Crippen LogP contribution in [0.2, 0.25) is 0 Å². The van der Waals surface area contributed by atoms with Crippen LogP contribution >= 0.6 is 0 Å². The van der Waals surface area contributed by atoms with E-state index >= 15 is 0 Å². The number of aliphatic imine (C=N–C) groups is 2. The largest absolute Gasteiger partial charge is 0.357 e. The van der Waals surface area contributed by atoms with Gasteiger partial charge in [-0.15, -0.1) is 4.99 Å². The van der Waals surface area contributed by atoms with Crippen LogP contribution in [-0.2, 0) is 29.3 Å². The number of hydrogen-bond acceptors (Lipinski definition) is 9. The lowest BCUT2D eigenvalue weighted by molar-refractivity contribution is -0.389. The van der Waals surface area contributed by atoms with Crippen LogP contribution in [0.1, 0.15) is 62.3 Å². The lowest BCUT2D eigenvalue weighted by Gasteiger charge is -2.31. The van der Waals surface area contributed by atoms with Gasteiger partial charge in [-0.1, -0.05) is 6.58 Å². The third-order valence-electron chi connectivity index (χ3n) is 2.18. The van der Waals surface area contributed by atoms with Gasteiger partial charge in [0.15, 0.2) is 0 Å². The normalized spacial score (nSPS) is 19.0. The Kier molecular flexibility index (Phi) is 7.17. The third-order valence-corrected chi connectivity index (χ3v) is 2.18. The van der Waals surface area contributed by atoms with Crippen molar-refractivity contribution in [3.05, 3.63) is 12.8 Å². The Bertz CT molecular complexity index is 540. The van der Waals surface area contributed by atoms with Crippen LogP contribution in [0.25, 0.3) is 0 Å². The van der Waals surface area contributed by atoms with E-state index in [4.69, 9.17) is 29.3 Å². The quantitative estimate of drug-likeness (QED) is 0.537. The molecule has 0 aromatic heterocycles. The van der Waals surface area contributed by atoms with Crippen molar-refractivity contribution in [1.29, 1.82) is 0 Å². The number of rotatable bonds is 5. The monoisotopic (exact) mass is 373 g/mol. The van der Waals surface area contributed by atoms with Crippen molar-refractivity contribution in [3.8, 4) is 0 Å². The Hall–Kier alpha value is -1.68. The molecule has 9 nitrogen and oxygen atoms in total. The molecule has 0 aliphatic carbocycles. The summed E-state index contributed by atoms with van der Waals surface area (Å²) in [5.74, 6) is 0. The molecule has 0 bridgehead atoms. The van der Waals surface area contributed by atoms with E-state index in [0.29, 0.717) is 0 Å². The van der Waals surface area contributed by atoms with Crippen molar-refractivity contribution in [1.82, 2.24) is 4.90 Å². The second-order valence-corrected chi connectivity index (χ2v) is 8.57. The second kappa shape index (κ2) is 8.34. The van der Waals surface area contributed by atoms with Crippen LogP contribution in [0, 0.1) is 0 Å². The Morgan fingerprint density at radius 2 is 1.35 bits per heavy atom. The molecule has 9 heteroatoms. The third kappa shape index (κ3) is 8.61. The van der Waals surface area contributed by atoms with Gasteiger partial charge in [-0.05, 0) is 62.3 Å². The van der Waals surface area contributed by atoms with E-state index in [1.807, 2.05) is 62.3 Å². The highest BCUT2D eigenvalue weighted by atomic mass is 17.2. The highest BCUT2D eigenvalue weighted by Crippen LogP contribution is 2.20. The van der Waals surface area contributed by atoms with Crippen LogP contribution < -0.4 is 0 Å². The van der Waals surface area contributed by atoms with E-state index in [1.165, 1.54) is 11.1 Å². The first-order valence-corrected chi connectivity index (χ1v) is 8.33. The Morgan fingerprint density at radius 3 is 1.81 bits per heavy atom. The summed E-state index contributed by atoms with van der Waals surface area (Å²) in [6.07, 6.45) is 0.438. The summed E-state index contributed by atoms with van der Waals surface area (Å²) in [6, 6.07) is -0.0898. The molecular formula is C17H31N3O6. The maximum Gasteiger partial charge on any atom is 0.357 e. The molecule has 0 aromatic rings. The van der Waals surface area contributed by atoms with Crippen LogP contribution in [0.5, 0.6) is 0 Å². The van der Waals surface area contributed by atoms with Crippen LogP contribution in [0.3, 0.4) is 0 Å². The predicted molar refractivity (Wildman–Crippen MR) is 96.5 cm³/mol. The van der Waals surface area contributed by atoms with E-state index in [2.05, 4.69) is 16.6 Å². The summed E-state index contributed by atoms with van der Waals surface area (Å²) in [5, 5.41) is 0. The Labute approximate surface area is 155 Å². The van der Waals surface area contributed by atoms with Crippen LogP contribution in [0.15, 0.2) is 22.8 Å². The molecule has 0 saturated carbocycles. The first-order chi connectivity index (χ1) is 11.7. The smallest absolute Gasteiger partial charge is 0.296 e. The highest BCUT2D eigenvalue weighted by Gasteiger charge is 2.33. The first-order valence-electron chi connectivity index (χ1n) is 8.33. The van der Waals surface area contributed by atoms with Gasteiger partial charge in [0.2, 0.25) is 0 Å². The molecule has 0 aromatic carbocycles. The molecule has 1 heterocycles. The van der Waals surface area contributed by atoms with E-state index in [-0.39, 0.29) is 12.0 Å². The molecule has 1 rings (SSSR count). The van der Waals surface area contributed by atoms with Gasteiger partial charge in [0.05, 0.1) is 5.60 Å².